The Labute approximate surface area is 259 Å². The van der Waals surface area contributed by atoms with E-state index in [4.69, 9.17) is 0 Å². The third kappa shape index (κ3) is 8.24. The number of amides is 2. The van der Waals surface area contributed by atoms with Gasteiger partial charge in [0.2, 0.25) is 0 Å². The first-order chi connectivity index (χ1) is 19.9. The van der Waals surface area contributed by atoms with Crippen LogP contribution in [0.15, 0.2) is 30.3 Å². The zero-order valence-corrected chi connectivity index (χ0v) is 30.4. The van der Waals surface area contributed by atoms with Crippen molar-refractivity contribution < 1.29 is 9.59 Å². The third-order valence-electron chi connectivity index (χ3n) is 10.3. The first-order valence-electron chi connectivity index (χ1n) is 16.4. The molecular weight excluding hydrogens is 554 g/mol. The van der Waals surface area contributed by atoms with E-state index in [2.05, 4.69) is 111 Å². The minimum absolute atomic E-state index is 0.00190. The van der Waals surface area contributed by atoms with Crippen LogP contribution < -0.4 is 10.6 Å². The quantitative estimate of drug-likeness (QED) is 0.185. The number of anilines is 2. The van der Waals surface area contributed by atoms with Gasteiger partial charge in [-0.3, -0.25) is 9.59 Å². The lowest BCUT2D eigenvalue weighted by Gasteiger charge is -2.32. The number of nitrogens with one attached hydrogen (secondary N) is 2. The van der Waals surface area contributed by atoms with Crippen LogP contribution in [-0.2, 0) is 16.0 Å². The van der Waals surface area contributed by atoms with E-state index in [1.54, 1.807) is 0 Å². The van der Waals surface area contributed by atoms with Crippen molar-refractivity contribution in [1.29, 1.82) is 0 Å². The molecule has 0 saturated carbocycles. The molecule has 0 aromatic heterocycles. The van der Waals surface area contributed by atoms with Gasteiger partial charge in [0.05, 0.1) is 37.0 Å². The molecule has 2 N–H and O–H groups in total. The van der Waals surface area contributed by atoms with Crippen molar-refractivity contribution in [3.63, 3.8) is 0 Å². The number of hydrogen-bond donors (Lipinski definition) is 2. The number of hydrogen-bond acceptors (Lipinski definition) is 2. The Bertz CT molecular complexity index is 1150. The van der Waals surface area contributed by atoms with Gasteiger partial charge in [-0.2, -0.15) is 0 Å². The zero-order chi connectivity index (χ0) is 31.7. The van der Waals surface area contributed by atoms with Crippen LogP contribution in [0.3, 0.4) is 0 Å². The van der Waals surface area contributed by atoms with Crippen molar-refractivity contribution in [2.75, 3.05) is 47.6 Å². The number of aryl methyl sites for hydroxylation is 5. The standard InChI is InChI=1S/C36H58N2O2P2/c1-12-19-32(41(13-2,14-3)15-4)36(40)38-34-28(9)24-31(25-29(34)10)22-23-42(16-5,17-6)30(11)35(39)37-33-26(7)20-18-21-27(33)8/h18,20-21,24-25,30,32H,12-17,19,22-23H2,1-11H3/p+2. The fraction of sp³-hybridized carbons (Fsp3) is 0.611. The first-order valence-corrected chi connectivity index (χ1v) is 21.2. The molecule has 2 rings (SSSR count). The van der Waals surface area contributed by atoms with Crippen LogP contribution in [0, 0.1) is 27.7 Å². The lowest BCUT2D eigenvalue weighted by atomic mass is 10.0. The van der Waals surface area contributed by atoms with E-state index in [1.807, 2.05) is 6.07 Å². The van der Waals surface area contributed by atoms with E-state index < -0.39 is 14.5 Å². The van der Waals surface area contributed by atoms with Gasteiger partial charge < -0.3 is 10.6 Å². The number of benzene rings is 2. The summed E-state index contributed by atoms with van der Waals surface area (Å²) >= 11 is 0. The number of para-hydroxylation sites is 1. The minimum atomic E-state index is -1.53. The molecule has 0 bridgehead atoms. The normalized spacial score (nSPS) is 13.5. The maximum Gasteiger partial charge on any atom is 0.265 e. The van der Waals surface area contributed by atoms with Crippen molar-refractivity contribution in [2.24, 2.45) is 0 Å². The summed E-state index contributed by atoms with van der Waals surface area (Å²) in [6.07, 6.45) is 9.56. The smallest absolute Gasteiger partial charge is 0.265 e. The number of carbonyl (C=O) groups excluding carboxylic acids is 2. The Balaban J connectivity index is 2.25. The molecule has 0 heterocycles. The van der Waals surface area contributed by atoms with Crippen molar-refractivity contribution in [2.45, 2.75) is 107 Å². The average molecular weight is 615 g/mol. The van der Waals surface area contributed by atoms with Crippen LogP contribution in [0.5, 0.6) is 0 Å². The van der Waals surface area contributed by atoms with Gasteiger partial charge in [0.1, 0.15) is 11.3 Å². The summed E-state index contributed by atoms with van der Waals surface area (Å²) < 4.78 is 0. The maximum atomic E-state index is 13.7. The van der Waals surface area contributed by atoms with Crippen LogP contribution in [0.1, 0.15) is 89.1 Å². The average Bonchev–Trinajstić information content (AvgIpc) is 2.98. The Morgan fingerprint density at radius 2 is 1.14 bits per heavy atom. The fourth-order valence-corrected chi connectivity index (χ4v) is 14.8. The van der Waals surface area contributed by atoms with Gasteiger partial charge in [-0.15, -0.1) is 0 Å². The highest BCUT2D eigenvalue weighted by molar-refractivity contribution is 7.77. The summed E-state index contributed by atoms with van der Waals surface area (Å²) in [6.45, 7) is 24.1. The van der Waals surface area contributed by atoms with Crippen LogP contribution in [0.2, 0.25) is 0 Å². The summed E-state index contributed by atoms with van der Waals surface area (Å²) in [6, 6.07) is 10.7. The molecule has 0 spiro atoms. The van der Waals surface area contributed by atoms with Crippen LogP contribution in [0.4, 0.5) is 11.4 Å². The molecule has 2 unspecified atom stereocenters. The molecule has 0 saturated heterocycles. The number of carbonyl (C=O) groups is 2. The molecule has 0 aliphatic heterocycles. The van der Waals surface area contributed by atoms with Gasteiger partial charge >= 0.3 is 0 Å². The Morgan fingerprint density at radius 3 is 1.60 bits per heavy atom. The second kappa shape index (κ2) is 16.4. The van der Waals surface area contributed by atoms with E-state index in [0.29, 0.717) is 0 Å². The topological polar surface area (TPSA) is 58.2 Å². The summed E-state index contributed by atoms with van der Waals surface area (Å²) in [5, 5.41) is 6.69. The molecule has 2 amide bonds. The fourth-order valence-electron chi connectivity index (χ4n) is 6.98. The van der Waals surface area contributed by atoms with E-state index in [9.17, 15) is 9.59 Å². The van der Waals surface area contributed by atoms with Gasteiger partial charge in [0, 0.05) is 32.3 Å². The van der Waals surface area contributed by atoms with E-state index in [0.717, 1.165) is 89.9 Å². The van der Waals surface area contributed by atoms with Crippen molar-refractivity contribution in [1.82, 2.24) is 0 Å². The largest absolute Gasteiger partial charge is 0.322 e. The highest BCUT2D eigenvalue weighted by Gasteiger charge is 2.45. The van der Waals surface area contributed by atoms with Gasteiger partial charge in [-0.25, -0.2) is 0 Å². The SMILES string of the molecule is CCCC(C(=O)Nc1c(C)cc(CC[P+](CC)(CC)C(C)C(=O)Nc2c(C)cccc2C)cc1C)[P+](CC)(CC)CC. The van der Waals surface area contributed by atoms with Crippen LogP contribution in [-0.4, -0.2) is 60.1 Å². The van der Waals surface area contributed by atoms with Gasteiger partial charge in [-0.05, 0) is 103 Å². The molecule has 0 fully saturated rings. The van der Waals surface area contributed by atoms with E-state index >= 15 is 0 Å². The monoisotopic (exact) mass is 614 g/mol. The molecule has 2 aromatic rings. The minimum Gasteiger partial charge on any atom is -0.322 e. The summed E-state index contributed by atoms with van der Waals surface area (Å²) in [4.78, 5) is 27.3. The summed E-state index contributed by atoms with van der Waals surface area (Å²) in [5.41, 5.74) is 7.88. The molecule has 2 aromatic carbocycles. The third-order valence-corrected chi connectivity index (χ3v) is 21.4. The second-order valence-corrected chi connectivity index (χ2v) is 22.2. The molecule has 0 aliphatic rings. The van der Waals surface area contributed by atoms with Gasteiger partial charge in [0.25, 0.3) is 11.8 Å². The molecule has 2 atom stereocenters. The summed E-state index contributed by atoms with van der Waals surface area (Å²) in [7, 11) is -2.85. The van der Waals surface area contributed by atoms with Crippen molar-refractivity contribution in [3.8, 4) is 0 Å². The molecule has 0 radical (unpaired) electrons. The highest BCUT2D eigenvalue weighted by Crippen LogP contribution is 2.64. The van der Waals surface area contributed by atoms with E-state index in [-0.39, 0.29) is 23.1 Å². The Kier molecular flexibility index (Phi) is 14.2. The summed E-state index contributed by atoms with van der Waals surface area (Å²) in [5.74, 6) is 0.377. The van der Waals surface area contributed by atoms with Crippen LogP contribution >= 0.6 is 14.5 Å². The predicted octanol–water partition coefficient (Wildman–Crippen LogP) is 9.73. The van der Waals surface area contributed by atoms with Crippen molar-refractivity contribution in [3.05, 3.63) is 58.1 Å². The van der Waals surface area contributed by atoms with Crippen LogP contribution in [0.25, 0.3) is 0 Å². The zero-order valence-electron chi connectivity index (χ0n) is 28.6. The van der Waals surface area contributed by atoms with E-state index in [1.165, 1.54) is 5.56 Å². The molecule has 4 nitrogen and oxygen atoms in total. The Hall–Kier alpha value is -1.76. The molecular formula is C36H60N2O2P2+2. The maximum absolute atomic E-state index is 13.7. The highest BCUT2D eigenvalue weighted by atomic mass is 31.2. The molecule has 0 aliphatic carbocycles. The lowest BCUT2D eigenvalue weighted by molar-refractivity contribution is -0.116. The Morgan fingerprint density at radius 1 is 0.690 bits per heavy atom. The number of rotatable bonds is 16. The predicted molar refractivity (Wildman–Crippen MR) is 192 cm³/mol. The molecule has 42 heavy (non-hydrogen) atoms. The first kappa shape index (κ1) is 36.4. The van der Waals surface area contributed by atoms with Gasteiger partial charge in [-0.1, -0.05) is 43.7 Å². The second-order valence-electron chi connectivity index (χ2n) is 12.3. The molecule has 234 valence electrons. The molecule has 6 heteroatoms. The lowest BCUT2D eigenvalue weighted by Crippen LogP contribution is -2.33. The van der Waals surface area contributed by atoms with Gasteiger partial charge in [0.15, 0.2) is 0 Å². The van der Waals surface area contributed by atoms with Crippen molar-refractivity contribution >= 4 is 37.7 Å².